The fraction of sp³-hybridized carbons (Fsp3) is 1.00. The normalized spacial score (nSPS) is 33.2. The van der Waals surface area contributed by atoms with E-state index < -0.39 is 0 Å². The summed E-state index contributed by atoms with van der Waals surface area (Å²) in [5.41, 5.74) is 0.470. The van der Waals surface area contributed by atoms with Crippen molar-refractivity contribution in [3.63, 3.8) is 0 Å². The van der Waals surface area contributed by atoms with Crippen LogP contribution in [0, 0.1) is 11.3 Å². The molecule has 2 nitrogen and oxygen atoms in total. The van der Waals surface area contributed by atoms with E-state index in [-0.39, 0.29) is 0 Å². The molecule has 3 unspecified atom stereocenters. The van der Waals surface area contributed by atoms with Crippen molar-refractivity contribution in [3.05, 3.63) is 0 Å². The van der Waals surface area contributed by atoms with Gasteiger partial charge in [-0.05, 0) is 31.1 Å². The Morgan fingerprint density at radius 1 is 1.11 bits per heavy atom. The Balaban J connectivity index is 0.000000741. The lowest BCUT2D eigenvalue weighted by molar-refractivity contribution is 0.0678. The van der Waals surface area contributed by atoms with Gasteiger partial charge in [-0.3, -0.25) is 4.90 Å². The minimum atomic E-state index is 0.470. The molecule has 2 fully saturated rings. The third-order valence-electron chi connectivity index (χ3n) is 4.60. The van der Waals surface area contributed by atoms with Gasteiger partial charge in [0.15, 0.2) is 0 Å². The lowest BCUT2D eigenvalue weighted by atomic mass is 9.81. The smallest absolute Gasteiger partial charge is 0.0702 e. The number of hydrogen-bond acceptors (Lipinski definition) is 2. The number of likely N-dealkylation sites (tertiary alicyclic amines) is 1. The minimum Gasteiger partial charge on any atom is -0.377 e. The molecule has 0 spiro atoms. The molecule has 0 radical (unpaired) electrons. The zero-order chi connectivity index (χ0) is 15.1. The van der Waals surface area contributed by atoms with Crippen LogP contribution < -0.4 is 0 Å². The van der Waals surface area contributed by atoms with Gasteiger partial charge in [-0.15, -0.1) is 0 Å². The summed E-state index contributed by atoms with van der Waals surface area (Å²) < 4.78 is 5.72. The topological polar surface area (TPSA) is 12.5 Å². The predicted octanol–water partition coefficient (Wildman–Crippen LogP) is 4.58. The van der Waals surface area contributed by atoms with Crippen LogP contribution >= 0.6 is 0 Å². The molecule has 2 saturated heterocycles. The third kappa shape index (κ3) is 5.07. The standard InChI is InChI=1S/C13H25NO.2C2H6/c1-10-11(2)14(9-13(10,3)4)8-12-6-5-7-15-12;2*1-2/h10-12H,5-9H2,1-4H3;2*1-2H3. The maximum absolute atomic E-state index is 5.72. The second kappa shape index (κ2) is 8.97. The first-order valence-corrected chi connectivity index (χ1v) is 8.36. The number of hydrogen-bond donors (Lipinski definition) is 0. The first-order chi connectivity index (χ1) is 9.00. The lowest BCUT2D eigenvalue weighted by Crippen LogP contribution is -2.36. The number of ether oxygens (including phenoxy) is 1. The van der Waals surface area contributed by atoms with Gasteiger partial charge >= 0.3 is 0 Å². The van der Waals surface area contributed by atoms with E-state index in [1.807, 2.05) is 27.7 Å². The summed E-state index contributed by atoms with van der Waals surface area (Å²) in [7, 11) is 0. The quantitative estimate of drug-likeness (QED) is 0.728. The summed E-state index contributed by atoms with van der Waals surface area (Å²) in [4.78, 5) is 2.63. The molecule has 0 saturated carbocycles. The SMILES string of the molecule is CC.CC.CC1C(C)C(C)(C)CN1CC1CCCO1. The van der Waals surface area contributed by atoms with Crippen molar-refractivity contribution in [2.75, 3.05) is 19.7 Å². The molecule has 2 heteroatoms. The highest BCUT2D eigenvalue weighted by Gasteiger charge is 2.42. The largest absolute Gasteiger partial charge is 0.377 e. The Morgan fingerprint density at radius 2 is 1.68 bits per heavy atom. The third-order valence-corrected chi connectivity index (χ3v) is 4.60. The molecular weight excluding hydrogens is 234 g/mol. The first-order valence-electron chi connectivity index (χ1n) is 8.36. The second-order valence-electron chi connectivity index (χ2n) is 6.08. The fourth-order valence-electron chi connectivity index (χ4n) is 3.06. The van der Waals surface area contributed by atoms with E-state index in [4.69, 9.17) is 4.74 Å². The molecule has 0 aromatic carbocycles. The highest BCUT2D eigenvalue weighted by atomic mass is 16.5. The molecule has 0 aromatic heterocycles. The maximum atomic E-state index is 5.72. The van der Waals surface area contributed by atoms with Crippen molar-refractivity contribution in [2.24, 2.45) is 11.3 Å². The second-order valence-corrected chi connectivity index (χ2v) is 6.08. The summed E-state index contributed by atoms with van der Waals surface area (Å²) in [6, 6.07) is 0.712. The molecule has 2 aliphatic heterocycles. The summed E-state index contributed by atoms with van der Waals surface area (Å²) in [5, 5.41) is 0. The molecule has 2 heterocycles. The van der Waals surface area contributed by atoms with Crippen LogP contribution in [0.3, 0.4) is 0 Å². The van der Waals surface area contributed by atoms with Gasteiger partial charge < -0.3 is 4.74 Å². The van der Waals surface area contributed by atoms with Crippen LogP contribution in [0.1, 0.15) is 68.2 Å². The molecule has 0 amide bonds. The van der Waals surface area contributed by atoms with Crippen molar-refractivity contribution in [1.82, 2.24) is 4.90 Å². The van der Waals surface area contributed by atoms with E-state index >= 15 is 0 Å². The Labute approximate surface area is 121 Å². The minimum absolute atomic E-state index is 0.470. The van der Waals surface area contributed by atoms with Crippen LogP contribution in [0.4, 0.5) is 0 Å². The highest BCUT2D eigenvalue weighted by molar-refractivity contribution is 4.94. The molecule has 2 aliphatic rings. The number of rotatable bonds is 2. The molecule has 116 valence electrons. The Morgan fingerprint density at radius 3 is 2.05 bits per heavy atom. The van der Waals surface area contributed by atoms with Crippen LogP contribution in [0.25, 0.3) is 0 Å². The van der Waals surface area contributed by atoms with Crippen LogP contribution in [0.5, 0.6) is 0 Å². The lowest BCUT2D eigenvalue weighted by Gasteiger charge is -2.25. The average Bonchev–Trinajstić information content (AvgIpc) is 2.99. The fourth-order valence-corrected chi connectivity index (χ4v) is 3.06. The van der Waals surface area contributed by atoms with Crippen molar-refractivity contribution in [3.8, 4) is 0 Å². The monoisotopic (exact) mass is 271 g/mol. The van der Waals surface area contributed by atoms with Gasteiger partial charge in [-0.25, -0.2) is 0 Å². The van der Waals surface area contributed by atoms with Crippen molar-refractivity contribution < 1.29 is 4.74 Å². The number of nitrogens with zero attached hydrogens (tertiary/aromatic N) is 1. The zero-order valence-electron chi connectivity index (χ0n) is 14.6. The highest BCUT2D eigenvalue weighted by Crippen LogP contribution is 2.39. The van der Waals surface area contributed by atoms with E-state index in [1.54, 1.807) is 0 Å². The molecule has 19 heavy (non-hydrogen) atoms. The average molecular weight is 271 g/mol. The summed E-state index contributed by atoms with van der Waals surface area (Å²) in [5.74, 6) is 0.791. The van der Waals surface area contributed by atoms with Crippen molar-refractivity contribution in [2.45, 2.75) is 80.4 Å². The Hall–Kier alpha value is -0.0800. The molecule has 0 aliphatic carbocycles. The summed E-state index contributed by atoms with van der Waals surface area (Å²) >= 11 is 0. The summed E-state index contributed by atoms with van der Waals surface area (Å²) in [6.07, 6.45) is 3.03. The molecule has 0 N–H and O–H groups in total. The van der Waals surface area contributed by atoms with Gasteiger partial charge in [-0.2, -0.15) is 0 Å². The maximum Gasteiger partial charge on any atom is 0.0702 e. The molecule has 2 rings (SSSR count). The van der Waals surface area contributed by atoms with E-state index in [9.17, 15) is 0 Å². The molecule has 0 bridgehead atoms. The Kier molecular flexibility index (Phi) is 8.93. The first kappa shape index (κ1) is 18.9. The van der Waals surface area contributed by atoms with Crippen LogP contribution in [0.2, 0.25) is 0 Å². The van der Waals surface area contributed by atoms with Gasteiger partial charge in [-0.1, -0.05) is 48.5 Å². The van der Waals surface area contributed by atoms with Crippen molar-refractivity contribution >= 4 is 0 Å². The van der Waals surface area contributed by atoms with E-state index in [0.717, 1.165) is 19.1 Å². The zero-order valence-corrected chi connectivity index (χ0v) is 14.6. The van der Waals surface area contributed by atoms with Crippen LogP contribution in [-0.4, -0.2) is 36.7 Å². The molecule has 0 aromatic rings. The van der Waals surface area contributed by atoms with Gasteiger partial charge in [0.2, 0.25) is 0 Å². The van der Waals surface area contributed by atoms with Gasteiger partial charge in [0.1, 0.15) is 0 Å². The Bertz CT molecular complexity index is 221. The molecule has 3 atom stereocenters. The van der Waals surface area contributed by atoms with E-state index in [0.29, 0.717) is 17.6 Å². The molecular formula is C17H37NO. The van der Waals surface area contributed by atoms with E-state index in [1.165, 1.54) is 19.4 Å². The van der Waals surface area contributed by atoms with Crippen LogP contribution in [0.15, 0.2) is 0 Å². The van der Waals surface area contributed by atoms with Gasteiger partial charge in [0.05, 0.1) is 6.10 Å². The van der Waals surface area contributed by atoms with Crippen molar-refractivity contribution in [1.29, 1.82) is 0 Å². The van der Waals surface area contributed by atoms with Gasteiger partial charge in [0, 0.05) is 25.7 Å². The van der Waals surface area contributed by atoms with Crippen LogP contribution in [-0.2, 0) is 4.74 Å². The summed E-state index contributed by atoms with van der Waals surface area (Å²) in [6.45, 7) is 20.9. The predicted molar refractivity (Wildman–Crippen MR) is 85.7 cm³/mol. The van der Waals surface area contributed by atoms with Gasteiger partial charge in [0.25, 0.3) is 0 Å². The van der Waals surface area contributed by atoms with E-state index in [2.05, 4.69) is 32.6 Å².